The molecule has 2 N–H and O–H groups in total. The van der Waals surface area contributed by atoms with Gasteiger partial charge in [0.1, 0.15) is 11.1 Å². The van der Waals surface area contributed by atoms with Crippen molar-refractivity contribution in [1.29, 1.82) is 0 Å². The molecular weight excluding hydrogens is 396 g/mol. The summed E-state index contributed by atoms with van der Waals surface area (Å²) in [6.07, 6.45) is 6.50. The lowest BCUT2D eigenvalue weighted by Gasteiger charge is -2.29. The average Bonchev–Trinajstić information content (AvgIpc) is 3.37. The van der Waals surface area contributed by atoms with E-state index >= 15 is 0 Å². The highest BCUT2D eigenvalue weighted by Crippen LogP contribution is 2.36. The van der Waals surface area contributed by atoms with Gasteiger partial charge in [0.2, 0.25) is 10.0 Å². The highest BCUT2D eigenvalue weighted by atomic mass is 32.2. The summed E-state index contributed by atoms with van der Waals surface area (Å²) in [5.74, 6) is 0.290. The molecule has 0 radical (unpaired) electrons. The number of benzene rings is 1. The van der Waals surface area contributed by atoms with Gasteiger partial charge in [0.15, 0.2) is 11.4 Å². The van der Waals surface area contributed by atoms with Crippen LogP contribution >= 0.6 is 0 Å². The first-order valence-corrected chi connectivity index (χ1v) is 11.1. The van der Waals surface area contributed by atoms with E-state index in [0.29, 0.717) is 36.1 Å². The quantitative estimate of drug-likeness (QED) is 0.602. The van der Waals surface area contributed by atoms with E-state index in [-0.39, 0.29) is 18.3 Å². The normalized spacial score (nSPS) is 20.1. The van der Waals surface area contributed by atoms with Gasteiger partial charge in [-0.15, -0.1) is 0 Å². The van der Waals surface area contributed by atoms with Crippen LogP contribution in [0.2, 0.25) is 0 Å². The van der Waals surface area contributed by atoms with Gasteiger partial charge in [0.05, 0.1) is 18.9 Å². The number of methoxy groups -OCH3 is 1. The molecule has 10 heteroatoms. The number of rotatable bonds is 7. The molecule has 0 unspecified atom stereocenters. The van der Waals surface area contributed by atoms with Crippen LogP contribution in [0.5, 0.6) is 5.75 Å². The van der Waals surface area contributed by atoms with E-state index < -0.39 is 15.3 Å². The largest absolute Gasteiger partial charge is 0.496 e. The van der Waals surface area contributed by atoms with Crippen LogP contribution in [-0.4, -0.2) is 47.4 Å². The predicted octanol–water partition coefficient (Wildman–Crippen LogP) is 2.37. The summed E-state index contributed by atoms with van der Waals surface area (Å²) in [6, 6.07) is 5.44. The molecule has 2 atom stereocenters. The van der Waals surface area contributed by atoms with Crippen molar-refractivity contribution in [1.82, 2.24) is 14.9 Å². The van der Waals surface area contributed by atoms with Gasteiger partial charge in [-0.1, -0.05) is 18.0 Å². The molecule has 1 saturated carbocycles. The van der Waals surface area contributed by atoms with Crippen LogP contribution in [0.4, 0.5) is 5.82 Å². The Labute approximate surface area is 168 Å². The number of sulfonamides is 1. The highest BCUT2D eigenvalue weighted by molar-refractivity contribution is 7.93. The fraction of sp³-hybridized carbons (Fsp3) is 0.474. The van der Waals surface area contributed by atoms with Gasteiger partial charge in [-0.3, -0.25) is 9.40 Å². The van der Waals surface area contributed by atoms with Crippen LogP contribution in [0.1, 0.15) is 31.2 Å². The summed E-state index contributed by atoms with van der Waals surface area (Å²) in [4.78, 5) is 0. The standard InChI is InChI=1S/C19H24N4O5S/c1-27-15-9-13(11-23-8-4-7-20-23)10-16-18(15)19(21-28-16)22-29(25,26)17-6-3-2-5-14(17)12-24/h4,7-10,14,17,24H,2-3,5-6,11-12H2,1H3,(H,21,22)/t14-,17-/m0/s1. The van der Waals surface area contributed by atoms with Crippen LogP contribution in [0, 0.1) is 5.92 Å². The van der Waals surface area contributed by atoms with Crippen molar-refractivity contribution < 1.29 is 22.8 Å². The number of hydrogen-bond donors (Lipinski definition) is 2. The van der Waals surface area contributed by atoms with E-state index in [1.807, 2.05) is 18.3 Å². The van der Waals surface area contributed by atoms with Gasteiger partial charge >= 0.3 is 0 Å². The third-order valence-electron chi connectivity index (χ3n) is 5.43. The van der Waals surface area contributed by atoms with E-state index in [0.717, 1.165) is 18.4 Å². The van der Waals surface area contributed by atoms with Gasteiger partial charge in [-0.05, 0) is 36.6 Å². The summed E-state index contributed by atoms with van der Waals surface area (Å²) < 4.78 is 41.2. The molecule has 0 bridgehead atoms. The first kappa shape index (κ1) is 19.7. The van der Waals surface area contributed by atoms with Crippen LogP contribution < -0.4 is 9.46 Å². The lowest BCUT2D eigenvalue weighted by molar-refractivity contribution is 0.192. The molecule has 2 heterocycles. The molecule has 1 aliphatic carbocycles. The van der Waals surface area contributed by atoms with E-state index in [2.05, 4.69) is 15.0 Å². The number of fused-ring (bicyclic) bond motifs is 1. The molecule has 0 aliphatic heterocycles. The van der Waals surface area contributed by atoms with Crippen LogP contribution in [0.15, 0.2) is 35.1 Å². The first-order chi connectivity index (χ1) is 14.0. The summed E-state index contributed by atoms with van der Waals surface area (Å²) in [6.45, 7) is 0.368. The summed E-state index contributed by atoms with van der Waals surface area (Å²) in [7, 11) is -2.22. The fourth-order valence-corrected chi connectivity index (χ4v) is 5.76. The van der Waals surface area contributed by atoms with Gasteiger partial charge < -0.3 is 14.4 Å². The molecule has 156 valence electrons. The Morgan fingerprint density at radius 2 is 2.17 bits per heavy atom. The average molecular weight is 420 g/mol. The van der Waals surface area contributed by atoms with Gasteiger partial charge in [-0.2, -0.15) is 5.10 Å². The Balaban J connectivity index is 1.66. The Bertz CT molecular complexity index is 1080. The first-order valence-electron chi connectivity index (χ1n) is 9.58. The molecule has 2 aromatic heterocycles. The number of aliphatic hydroxyl groups is 1. The zero-order valence-electron chi connectivity index (χ0n) is 16.1. The third kappa shape index (κ3) is 3.95. The molecule has 1 aromatic carbocycles. The Morgan fingerprint density at radius 3 is 2.90 bits per heavy atom. The number of nitrogens with zero attached hydrogens (tertiary/aromatic N) is 3. The van der Waals surface area contributed by atoms with Crippen molar-refractivity contribution in [2.45, 2.75) is 37.5 Å². The summed E-state index contributed by atoms with van der Waals surface area (Å²) in [5.41, 5.74) is 1.31. The molecule has 3 aromatic rings. The minimum atomic E-state index is -3.74. The van der Waals surface area contributed by atoms with Gasteiger partial charge in [0.25, 0.3) is 0 Å². The predicted molar refractivity (Wildman–Crippen MR) is 107 cm³/mol. The minimum Gasteiger partial charge on any atom is -0.496 e. The van der Waals surface area contributed by atoms with E-state index in [4.69, 9.17) is 9.26 Å². The SMILES string of the molecule is COc1cc(Cn2cccn2)cc2onc(NS(=O)(=O)[C@H]3CCCC[C@H]3CO)c12. The molecule has 29 heavy (non-hydrogen) atoms. The highest BCUT2D eigenvalue weighted by Gasteiger charge is 2.36. The number of aromatic nitrogens is 3. The maximum Gasteiger partial charge on any atom is 0.237 e. The van der Waals surface area contributed by atoms with Gasteiger partial charge in [0, 0.05) is 24.9 Å². The second kappa shape index (κ2) is 8.03. The van der Waals surface area contributed by atoms with Crippen molar-refractivity contribution in [3.8, 4) is 5.75 Å². The Kier molecular flexibility index (Phi) is 5.46. The Hall–Kier alpha value is -2.59. The smallest absolute Gasteiger partial charge is 0.237 e. The minimum absolute atomic E-state index is 0.102. The monoisotopic (exact) mass is 420 g/mol. The molecule has 9 nitrogen and oxygen atoms in total. The maximum atomic E-state index is 13.0. The Morgan fingerprint density at radius 1 is 1.34 bits per heavy atom. The zero-order chi connectivity index (χ0) is 20.4. The second-order valence-electron chi connectivity index (χ2n) is 7.32. The number of anilines is 1. The topological polar surface area (TPSA) is 119 Å². The second-order valence-corrected chi connectivity index (χ2v) is 9.22. The summed E-state index contributed by atoms with van der Waals surface area (Å²) >= 11 is 0. The van der Waals surface area contributed by atoms with Crippen LogP contribution in [-0.2, 0) is 16.6 Å². The van der Waals surface area contributed by atoms with Crippen molar-refractivity contribution in [2.75, 3.05) is 18.4 Å². The van der Waals surface area contributed by atoms with Crippen molar-refractivity contribution >= 4 is 26.8 Å². The molecule has 1 fully saturated rings. The maximum absolute atomic E-state index is 13.0. The van der Waals surface area contributed by atoms with E-state index in [1.165, 1.54) is 7.11 Å². The number of hydrogen-bond acceptors (Lipinski definition) is 7. The molecule has 0 amide bonds. The molecular formula is C19H24N4O5S. The van der Waals surface area contributed by atoms with E-state index in [1.54, 1.807) is 16.9 Å². The zero-order valence-corrected chi connectivity index (χ0v) is 16.9. The van der Waals surface area contributed by atoms with Crippen molar-refractivity contribution in [3.05, 3.63) is 36.2 Å². The number of ether oxygens (including phenoxy) is 1. The molecule has 1 aliphatic rings. The summed E-state index contributed by atoms with van der Waals surface area (Å²) in [5, 5.41) is 17.5. The number of aliphatic hydroxyl groups excluding tert-OH is 1. The van der Waals surface area contributed by atoms with Crippen molar-refractivity contribution in [3.63, 3.8) is 0 Å². The third-order valence-corrected chi connectivity index (χ3v) is 7.33. The fourth-order valence-electron chi connectivity index (χ4n) is 3.99. The van der Waals surface area contributed by atoms with E-state index in [9.17, 15) is 13.5 Å². The molecule has 0 spiro atoms. The molecule has 4 rings (SSSR count). The lowest BCUT2D eigenvalue weighted by Crippen LogP contribution is -2.38. The van der Waals surface area contributed by atoms with Gasteiger partial charge in [-0.25, -0.2) is 8.42 Å². The number of nitrogens with one attached hydrogen (secondary N) is 1. The molecule has 0 saturated heterocycles. The van der Waals surface area contributed by atoms with Crippen LogP contribution in [0.25, 0.3) is 11.0 Å². The lowest BCUT2D eigenvalue weighted by atomic mass is 9.89. The van der Waals surface area contributed by atoms with Crippen LogP contribution in [0.3, 0.4) is 0 Å². The van der Waals surface area contributed by atoms with Crippen molar-refractivity contribution in [2.24, 2.45) is 5.92 Å².